The van der Waals surface area contributed by atoms with E-state index in [0.717, 1.165) is 42.7 Å². The summed E-state index contributed by atoms with van der Waals surface area (Å²) in [4.78, 5) is 27.6. The van der Waals surface area contributed by atoms with Gasteiger partial charge in [-0.1, -0.05) is 31.2 Å². The van der Waals surface area contributed by atoms with Crippen molar-refractivity contribution in [3.63, 3.8) is 0 Å². The summed E-state index contributed by atoms with van der Waals surface area (Å²) in [6, 6.07) is 13.3. The Morgan fingerprint density at radius 3 is 2.89 bits per heavy atom. The van der Waals surface area contributed by atoms with E-state index < -0.39 is 0 Å². The zero-order chi connectivity index (χ0) is 18.8. The smallest absolute Gasteiger partial charge is 0.256 e. The molecule has 0 aromatic heterocycles. The van der Waals surface area contributed by atoms with Gasteiger partial charge in [0.15, 0.2) is 0 Å². The average molecular weight is 364 g/mol. The van der Waals surface area contributed by atoms with E-state index in [4.69, 9.17) is 4.74 Å². The normalized spacial score (nSPS) is 18.6. The van der Waals surface area contributed by atoms with Crippen LogP contribution in [0.25, 0.3) is 0 Å². The number of hydrogen-bond acceptors (Lipinski definition) is 3. The van der Waals surface area contributed by atoms with Gasteiger partial charge in [-0.25, -0.2) is 0 Å². The fraction of sp³-hybridized carbons (Fsp3) is 0.364. The van der Waals surface area contributed by atoms with E-state index in [1.54, 1.807) is 11.0 Å². The van der Waals surface area contributed by atoms with Gasteiger partial charge in [-0.15, -0.1) is 0 Å². The highest BCUT2D eigenvalue weighted by atomic mass is 16.5. The largest absolute Gasteiger partial charge is 0.376 e. The van der Waals surface area contributed by atoms with Crippen molar-refractivity contribution < 1.29 is 14.3 Å². The fourth-order valence-corrected chi connectivity index (χ4v) is 3.86. The van der Waals surface area contributed by atoms with Crippen molar-refractivity contribution >= 4 is 17.5 Å². The zero-order valence-electron chi connectivity index (χ0n) is 15.5. The molecule has 1 N–H and O–H groups in total. The minimum atomic E-state index is -0.243. The van der Waals surface area contributed by atoms with Crippen molar-refractivity contribution in [1.82, 2.24) is 4.90 Å². The summed E-state index contributed by atoms with van der Waals surface area (Å²) in [5.74, 6) is -0.319. The van der Waals surface area contributed by atoms with E-state index in [1.165, 1.54) is 0 Å². The Hall–Kier alpha value is -2.66. The van der Waals surface area contributed by atoms with Crippen LogP contribution in [0.2, 0.25) is 0 Å². The van der Waals surface area contributed by atoms with Gasteiger partial charge in [-0.05, 0) is 48.6 Å². The molecule has 2 aliphatic heterocycles. The Morgan fingerprint density at radius 1 is 1.26 bits per heavy atom. The van der Waals surface area contributed by atoms with E-state index in [0.29, 0.717) is 24.2 Å². The predicted octanol–water partition coefficient (Wildman–Crippen LogP) is 3.64. The van der Waals surface area contributed by atoms with Gasteiger partial charge in [0, 0.05) is 25.4 Å². The van der Waals surface area contributed by atoms with Crippen LogP contribution in [-0.2, 0) is 17.7 Å². The van der Waals surface area contributed by atoms with Gasteiger partial charge in [0.1, 0.15) is 0 Å². The Labute approximate surface area is 159 Å². The lowest BCUT2D eigenvalue weighted by Gasteiger charge is -2.19. The first-order valence-corrected chi connectivity index (χ1v) is 9.58. The molecule has 0 aliphatic carbocycles. The van der Waals surface area contributed by atoms with Crippen LogP contribution in [0.5, 0.6) is 0 Å². The third-order valence-corrected chi connectivity index (χ3v) is 5.30. The number of fused-ring (bicyclic) bond motifs is 1. The minimum Gasteiger partial charge on any atom is -0.376 e. The molecule has 1 fully saturated rings. The molecule has 0 bridgehead atoms. The number of aryl methyl sites for hydroxylation is 1. The first-order chi connectivity index (χ1) is 13.2. The minimum absolute atomic E-state index is 0.0754. The number of ether oxygens (including phenoxy) is 1. The molecule has 0 spiro atoms. The summed E-state index contributed by atoms with van der Waals surface area (Å²) in [5, 5.41) is 2.94. The van der Waals surface area contributed by atoms with E-state index in [2.05, 4.69) is 12.2 Å². The number of amides is 2. The van der Waals surface area contributed by atoms with Gasteiger partial charge in [0.25, 0.3) is 11.8 Å². The second-order valence-corrected chi connectivity index (χ2v) is 7.17. The number of rotatable bonds is 5. The van der Waals surface area contributed by atoms with Gasteiger partial charge in [-0.3, -0.25) is 9.59 Å². The molecular weight excluding hydrogens is 340 g/mol. The maximum atomic E-state index is 13.0. The molecule has 140 valence electrons. The second kappa shape index (κ2) is 7.53. The standard InChI is InChI=1S/C22H24N2O3/c1-2-15-6-3-8-17(12-15)23-21(25)19-10-4-7-16-13-24(22(26)20(16)19)14-18-9-5-11-27-18/h3-4,6-8,10,12,18H,2,5,9,11,13-14H2,1H3,(H,23,25)/t18-/m0/s1. The monoisotopic (exact) mass is 364 g/mol. The van der Waals surface area contributed by atoms with Gasteiger partial charge in [-0.2, -0.15) is 0 Å². The van der Waals surface area contributed by atoms with Crippen molar-refractivity contribution in [2.24, 2.45) is 0 Å². The van der Waals surface area contributed by atoms with Crippen molar-refractivity contribution in [3.05, 3.63) is 64.7 Å². The lowest BCUT2D eigenvalue weighted by Crippen LogP contribution is -2.32. The molecule has 2 aliphatic rings. The third-order valence-electron chi connectivity index (χ3n) is 5.30. The highest BCUT2D eigenvalue weighted by Crippen LogP contribution is 2.28. The second-order valence-electron chi connectivity index (χ2n) is 7.17. The molecule has 2 aromatic carbocycles. The number of carbonyl (C=O) groups excluding carboxylic acids is 2. The number of hydrogen-bond donors (Lipinski definition) is 1. The molecule has 2 heterocycles. The summed E-state index contributed by atoms with van der Waals surface area (Å²) in [5.41, 5.74) is 3.78. The quantitative estimate of drug-likeness (QED) is 0.881. The van der Waals surface area contributed by atoms with Gasteiger partial charge in [0.05, 0.1) is 17.2 Å². The van der Waals surface area contributed by atoms with Crippen LogP contribution in [0.3, 0.4) is 0 Å². The van der Waals surface area contributed by atoms with Crippen LogP contribution >= 0.6 is 0 Å². The lowest BCUT2D eigenvalue weighted by molar-refractivity contribution is 0.0544. The lowest BCUT2D eigenvalue weighted by atomic mass is 10.0. The Morgan fingerprint density at radius 2 is 2.11 bits per heavy atom. The maximum Gasteiger partial charge on any atom is 0.256 e. The summed E-state index contributed by atoms with van der Waals surface area (Å²) in [6.45, 7) is 3.98. The SMILES string of the molecule is CCc1cccc(NC(=O)c2cccc3c2C(=O)N(C[C@@H]2CCCO2)C3)c1. The van der Waals surface area contributed by atoms with Crippen LogP contribution in [-0.4, -0.2) is 36.0 Å². The fourth-order valence-electron chi connectivity index (χ4n) is 3.86. The molecule has 0 unspecified atom stereocenters. The summed E-state index contributed by atoms with van der Waals surface area (Å²) in [6.07, 6.45) is 3.05. The van der Waals surface area contributed by atoms with Crippen molar-refractivity contribution in [3.8, 4) is 0 Å². The molecule has 0 radical (unpaired) electrons. The van der Waals surface area contributed by atoms with Crippen LogP contribution in [0, 0.1) is 0 Å². The number of carbonyl (C=O) groups is 2. The Balaban J connectivity index is 1.54. The molecule has 5 heteroatoms. The first-order valence-electron chi connectivity index (χ1n) is 9.58. The Kier molecular flexibility index (Phi) is 4.94. The summed E-state index contributed by atoms with van der Waals surface area (Å²) >= 11 is 0. The van der Waals surface area contributed by atoms with Gasteiger partial charge < -0.3 is 15.0 Å². The van der Waals surface area contributed by atoms with Gasteiger partial charge in [0.2, 0.25) is 0 Å². The van der Waals surface area contributed by atoms with E-state index in [-0.39, 0.29) is 17.9 Å². The van der Waals surface area contributed by atoms with E-state index >= 15 is 0 Å². The first kappa shape index (κ1) is 17.7. The topological polar surface area (TPSA) is 58.6 Å². The van der Waals surface area contributed by atoms with Crippen LogP contribution < -0.4 is 5.32 Å². The van der Waals surface area contributed by atoms with Crippen LogP contribution in [0.1, 0.15) is 51.6 Å². The van der Waals surface area contributed by atoms with E-state index in [1.807, 2.05) is 36.4 Å². The van der Waals surface area contributed by atoms with Crippen LogP contribution in [0.15, 0.2) is 42.5 Å². The molecule has 1 atom stereocenters. The number of anilines is 1. The summed E-state index contributed by atoms with van der Waals surface area (Å²) < 4.78 is 5.67. The molecule has 2 aromatic rings. The van der Waals surface area contributed by atoms with Crippen LogP contribution in [0.4, 0.5) is 5.69 Å². The van der Waals surface area contributed by atoms with Crippen molar-refractivity contribution in [2.75, 3.05) is 18.5 Å². The molecule has 5 nitrogen and oxygen atoms in total. The van der Waals surface area contributed by atoms with E-state index in [9.17, 15) is 9.59 Å². The highest BCUT2D eigenvalue weighted by molar-refractivity contribution is 6.13. The number of nitrogens with zero attached hydrogens (tertiary/aromatic N) is 1. The molecular formula is C22H24N2O3. The van der Waals surface area contributed by atoms with Crippen molar-refractivity contribution in [2.45, 2.75) is 38.8 Å². The maximum absolute atomic E-state index is 13.0. The molecule has 2 amide bonds. The Bertz CT molecular complexity index is 872. The third kappa shape index (κ3) is 3.60. The predicted molar refractivity (Wildman–Crippen MR) is 104 cm³/mol. The zero-order valence-corrected chi connectivity index (χ0v) is 15.5. The molecule has 4 rings (SSSR count). The summed E-state index contributed by atoms with van der Waals surface area (Å²) in [7, 11) is 0. The average Bonchev–Trinajstić information content (AvgIpc) is 3.30. The number of nitrogens with one attached hydrogen (secondary N) is 1. The van der Waals surface area contributed by atoms with Gasteiger partial charge >= 0.3 is 0 Å². The number of benzene rings is 2. The van der Waals surface area contributed by atoms with Crippen molar-refractivity contribution in [1.29, 1.82) is 0 Å². The highest BCUT2D eigenvalue weighted by Gasteiger charge is 2.33. The molecule has 0 saturated carbocycles. The molecule has 27 heavy (non-hydrogen) atoms. The molecule has 1 saturated heterocycles.